The number of nitrogens with one attached hydrogen (secondary N) is 1. The number of nitro groups is 1. The molecule has 0 aliphatic heterocycles. The van der Waals surface area contributed by atoms with Crippen LogP contribution in [0.25, 0.3) is 5.70 Å². The van der Waals surface area contributed by atoms with E-state index in [1.807, 2.05) is 45.2 Å². The van der Waals surface area contributed by atoms with E-state index >= 15 is 0 Å². The van der Waals surface area contributed by atoms with E-state index in [1.165, 1.54) is 17.1 Å². The van der Waals surface area contributed by atoms with Crippen LogP contribution in [0.4, 0.5) is 5.69 Å². The minimum Gasteiger partial charge on any atom is -0.311 e. The number of hydrogen-bond acceptors (Lipinski definition) is 3. The van der Waals surface area contributed by atoms with Gasteiger partial charge in [-0.25, -0.2) is 9.26 Å². The molecule has 7 heteroatoms. The van der Waals surface area contributed by atoms with Crippen LogP contribution in [0.1, 0.15) is 0 Å². The molecule has 1 aromatic heterocycles. The van der Waals surface area contributed by atoms with Crippen molar-refractivity contribution >= 4 is 17.6 Å². The maximum absolute atomic E-state index is 10.6. The smallest absolute Gasteiger partial charge is 0.307 e. The maximum atomic E-state index is 10.6. The fraction of sp³-hybridized carbons (Fsp3) is 0.400. The zero-order valence-electron chi connectivity index (χ0n) is 10.4. The third kappa shape index (κ3) is 3.80. The van der Waals surface area contributed by atoms with E-state index in [0.29, 0.717) is 0 Å². The van der Waals surface area contributed by atoms with Crippen molar-refractivity contribution in [3.8, 4) is 0 Å². The molecule has 0 aliphatic rings. The van der Waals surface area contributed by atoms with E-state index in [1.54, 1.807) is 0 Å². The molecule has 1 N–H and O–H groups in total. The molecule has 0 aromatic carbocycles. The van der Waals surface area contributed by atoms with Crippen LogP contribution in [0.3, 0.4) is 0 Å². The van der Waals surface area contributed by atoms with Crippen LogP contribution in [0.5, 0.6) is 0 Å². The van der Waals surface area contributed by atoms with Crippen LogP contribution in [0.2, 0.25) is 0 Å². The summed E-state index contributed by atoms with van der Waals surface area (Å²) in [5.41, 5.74) is 0.764. The lowest BCUT2D eigenvalue weighted by Gasteiger charge is -2.02. The van der Waals surface area contributed by atoms with Gasteiger partial charge in [0, 0.05) is 0 Å². The molecular formula is C10H17N5O2+2. The van der Waals surface area contributed by atoms with Gasteiger partial charge in [0.25, 0.3) is 0 Å². The summed E-state index contributed by atoms with van der Waals surface area (Å²) in [4.78, 5) is 11.2. The van der Waals surface area contributed by atoms with Crippen LogP contribution in [0, 0.1) is 10.1 Å². The molecule has 92 valence electrons. The molecule has 0 amide bonds. The highest BCUT2D eigenvalue weighted by Crippen LogP contribution is 2.10. The van der Waals surface area contributed by atoms with E-state index < -0.39 is 4.92 Å². The average Bonchev–Trinajstić information content (AvgIpc) is 2.63. The predicted molar refractivity (Wildman–Crippen MR) is 64.1 cm³/mol. The van der Waals surface area contributed by atoms with Gasteiger partial charge in [-0.05, 0) is 0 Å². The SMILES string of the molecule is C[N+](C)=C/C(=C/[NH+](C)C)n1cc([N+](=O)[O-])cn1. The van der Waals surface area contributed by atoms with Gasteiger partial charge in [0.05, 0.1) is 19.0 Å². The zero-order valence-corrected chi connectivity index (χ0v) is 10.4. The minimum atomic E-state index is -0.459. The van der Waals surface area contributed by atoms with Gasteiger partial charge in [0.1, 0.15) is 32.7 Å². The van der Waals surface area contributed by atoms with Gasteiger partial charge in [0.2, 0.25) is 0 Å². The first kappa shape index (κ1) is 13.0. The molecule has 7 nitrogen and oxygen atoms in total. The Labute approximate surface area is 99.4 Å². The topological polar surface area (TPSA) is 68.4 Å². The molecule has 0 unspecified atom stereocenters. The fourth-order valence-electron chi connectivity index (χ4n) is 1.27. The number of aromatic nitrogens is 2. The molecular weight excluding hydrogens is 222 g/mol. The van der Waals surface area contributed by atoms with Crippen molar-refractivity contribution in [1.82, 2.24) is 9.78 Å². The summed E-state index contributed by atoms with van der Waals surface area (Å²) in [7, 11) is 7.69. The van der Waals surface area contributed by atoms with Gasteiger partial charge in [-0.3, -0.25) is 10.1 Å². The summed E-state index contributed by atoms with van der Waals surface area (Å²) in [6.07, 6.45) is 6.40. The third-order valence-electron chi connectivity index (χ3n) is 1.87. The highest BCUT2D eigenvalue weighted by atomic mass is 16.6. The average molecular weight is 239 g/mol. The van der Waals surface area contributed by atoms with Crippen LogP contribution < -0.4 is 4.90 Å². The Bertz CT molecular complexity index is 469. The number of nitrogens with zero attached hydrogens (tertiary/aromatic N) is 4. The molecule has 1 aromatic rings. The monoisotopic (exact) mass is 239 g/mol. The van der Waals surface area contributed by atoms with Gasteiger partial charge in [-0.15, -0.1) is 0 Å². The second-order valence-corrected chi connectivity index (χ2v) is 4.14. The van der Waals surface area contributed by atoms with E-state index in [-0.39, 0.29) is 5.69 Å². The standard InChI is InChI=1S/C10H16N5O2/c1-12(2)6-10(7-13(3)4)14-8-9(5-11-14)15(16)17/h5-8H,1-4H3/q+1/p+1. The largest absolute Gasteiger partial charge is 0.311 e. The Balaban J connectivity index is 3.14. The third-order valence-corrected chi connectivity index (χ3v) is 1.87. The lowest BCUT2D eigenvalue weighted by Crippen LogP contribution is -3.00. The zero-order chi connectivity index (χ0) is 13.0. The molecule has 0 bridgehead atoms. The molecule has 0 radical (unpaired) electrons. The van der Waals surface area contributed by atoms with Gasteiger partial charge >= 0.3 is 5.69 Å². The summed E-state index contributed by atoms with van der Waals surface area (Å²) in [6.45, 7) is 0. The highest BCUT2D eigenvalue weighted by molar-refractivity contribution is 5.98. The summed E-state index contributed by atoms with van der Waals surface area (Å²) in [5.74, 6) is 0. The normalized spacial score (nSPS) is 11.7. The number of rotatable bonds is 4. The molecule has 17 heavy (non-hydrogen) atoms. The van der Waals surface area contributed by atoms with Gasteiger partial charge in [-0.2, -0.15) is 5.10 Å². The highest BCUT2D eigenvalue weighted by Gasteiger charge is 2.13. The molecule has 0 atom stereocenters. The van der Waals surface area contributed by atoms with Crippen molar-refractivity contribution in [1.29, 1.82) is 0 Å². The van der Waals surface area contributed by atoms with Crippen molar-refractivity contribution in [3.05, 3.63) is 28.7 Å². The lowest BCUT2D eigenvalue weighted by atomic mass is 10.4. The Kier molecular flexibility index (Phi) is 4.11. The van der Waals surface area contributed by atoms with Crippen molar-refractivity contribution in [2.75, 3.05) is 28.2 Å². The van der Waals surface area contributed by atoms with Gasteiger partial charge in [-0.1, -0.05) is 0 Å². The quantitative estimate of drug-likeness (QED) is 0.320. The fourth-order valence-corrected chi connectivity index (χ4v) is 1.27. The predicted octanol–water partition coefficient (Wildman–Crippen LogP) is -0.923. The second kappa shape index (κ2) is 5.35. The molecule has 0 spiro atoms. The van der Waals surface area contributed by atoms with Crippen molar-refractivity contribution < 1.29 is 14.4 Å². The molecule has 0 saturated carbocycles. The summed E-state index contributed by atoms with van der Waals surface area (Å²) < 4.78 is 3.35. The van der Waals surface area contributed by atoms with Gasteiger partial charge < -0.3 is 4.90 Å². The molecule has 1 rings (SSSR count). The first-order valence-corrected chi connectivity index (χ1v) is 5.12. The molecule has 1 heterocycles. The van der Waals surface area contributed by atoms with Crippen molar-refractivity contribution in [2.45, 2.75) is 0 Å². The van der Waals surface area contributed by atoms with Crippen molar-refractivity contribution in [3.63, 3.8) is 0 Å². The second-order valence-electron chi connectivity index (χ2n) is 4.14. The van der Waals surface area contributed by atoms with Crippen LogP contribution in [0.15, 0.2) is 18.6 Å². The Morgan fingerprint density at radius 2 is 2.18 bits per heavy atom. The van der Waals surface area contributed by atoms with Crippen LogP contribution in [-0.4, -0.2) is 53.7 Å². The van der Waals surface area contributed by atoms with Gasteiger partial charge in [0.15, 0.2) is 11.9 Å². The summed E-state index contributed by atoms with van der Waals surface area (Å²) in [6, 6.07) is 0. The van der Waals surface area contributed by atoms with Crippen molar-refractivity contribution in [2.24, 2.45) is 0 Å². The molecule has 0 saturated heterocycles. The summed E-state index contributed by atoms with van der Waals surface area (Å²) >= 11 is 0. The Hall–Kier alpha value is -2.02. The Morgan fingerprint density at radius 3 is 2.59 bits per heavy atom. The van der Waals surface area contributed by atoms with E-state index in [9.17, 15) is 10.1 Å². The van der Waals surface area contributed by atoms with E-state index in [0.717, 1.165) is 10.6 Å². The molecule has 0 fully saturated rings. The minimum absolute atomic E-state index is 0.0168. The van der Waals surface area contributed by atoms with Crippen LogP contribution in [-0.2, 0) is 0 Å². The Morgan fingerprint density at radius 1 is 1.53 bits per heavy atom. The maximum Gasteiger partial charge on any atom is 0.307 e. The first-order valence-electron chi connectivity index (χ1n) is 5.12. The lowest BCUT2D eigenvalue weighted by molar-refractivity contribution is -0.800. The summed E-state index contributed by atoms with van der Waals surface area (Å²) in [5, 5.41) is 14.6. The van der Waals surface area contributed by atoms with E-state index in [2.05, 4.69) is 5.10 Å². The van der Waals surface area contributed by atoms with Crippen LogP contribution >= 0.6 is 0 Å². The first-order chi connectivity index (χ1) is 7.90. The number of quaternary nitrogens is 1. The molecule has 0 aliphatic carbocycles. The van der Waals surface area contributed by atoms with E-state index in [4.69, 9.17) is 0 Å². The number of allylic oxidation sites excluding steroid dienone is 1. The number of hydrogen-bond donors (Lipinski definition) is 1.